The highest BCUT2D eigenvalue weighted by Crippen LogP contribution is 2.54. The van der Waals surface area contributed by atoms with Crippen molar-refractivity contribution in [3.8, 4) is 5.75 Å². The monoisotopic (exact) mass is 641 g/mol. The van der Waals surface area contributed by atoms with Crippen LogP contribution in [0.3, 0.4) is 0 Å². The summed E-state index contributed by atoms with van der Waals surface area (Å²) in [5.41, 5.74) is 4.14. The summed E-state index contributed by atoms with van der Waals surface area (Å²) in [5.74, 6) is 1.95. The predicted molar refractivity (Wildman–Crippen MR) is 155 cm³/mol. The normalized spacial score (nSPS) is 26.5. The summed E-state index contributed by atoms with van der Waals surface area (Å²) in [7, 11) is 1.19. The molecule has 0 radical (unpaired) electrons. The first kappa shape index (κ1) is 32.2. The van der Waals surface area contributed by atoms with Crippen molar-refractivity contribution in [2.45, 2.75) is 70.8 Å². The number of allylic oxidation sites excluding steroid dienone is 1. The van der Waals surface area contributed by atoms with E-state index < -0.39 is 59.5 Å². The Hall–Kier alpha value is -3.19. The van der Waals surface area contributed by atoms with Crippen LogP contribution < -0.4 is 16.3 Å². The predicted octanol–water partition coefficient (Wildman–Crippen LogP) is 3.82. The molecular formula is C30H39ClF3N5O5. The van der Waals surface area contributed by atoms with E-state index in [9.17, 15) is 28.3 Å². The van der Waals surface area contributed by atoms with E-state index in [0.717, 1.165) is 18.9 Å². The fourth-order valence-corrected chi connectivity index (χ4v) is 7.50. The molecule has 242 valence electrons. The largest absolute Gasteiger partial charge is 0.484 e. The topological polar surface area (TPSA) is 142 Å². The zero-order chi connectivity index (χ0) is 32.1. The van der Waals surface area contributed by atoms with Gasteiger partial charge in [0.2, 0.25) is 11.8 Å². The Morgan fingerprint density at radius 1 is 1.27 bits per heavy atom. The molecule has 1 aromatic rings. The number of nitrogens with two attached hydrogens (primary N) is 2. The number of likely N-dealkylation sites (tertiary alicyclic amines) is 1. The number of rotatable bonds is 9. The van der Waals surface area contributed by atoms with Crippen LogP contribution in [0.15, 0.2) is 17.5 Å². The highest BCUT2D eigenvalue weighted by atomic mass is 35.5. The van der Waals surface area contributed by atoms with Crippen LogP contribution in [0.4, 0.5) is 13.2 Å². The van der Waals surface area contributed by atoms with Gasteiger partial charge >= 0.3 is 5.97 Å². The minimum Gasteiger partial charge on any atom is -0.484 e. The summed E-state index contributed by atoms with van der Waals surface area (Å²) < 4.78 is 48.8. The standard InChI is InChI=1S/C30H39ClF3N5O5/c1-29(28(42)43)7-4-3-5-17(29)27(41)39-10-6-16-18(31)11-19(32)25(44-14-20(35)24(26(33)34)37(2)36)23(16)21(39)13-38-15-30(8-9-30)12-22(38)40/h11,17,21,26H,3-10,12-15,35-36H2,1-2H3,(H,42,43)/b24-20-/t17-,21+,29-/m0/s1. The van der Waals surface area contributed by atoms with E-state index in [2.05, 4.69) is 0 Å². The lowest BCUT2D eigenvalue weighted by molar-refractivity contribution is -0.162. The van der Waals surface area contributed by atoms with Crippen molar-refractivity contribution in [2.24, 2.45) is 28.3 Å². The quantitative estimate of drug-likeness (QED) is 0.273. The number of halogens is 4. The molecule has 2 aliphatic carbocycles. The molecule has 0 bridgehead atoms. The number of carbonyl (C=O) groups excluding carboxylic acids is 2. The number of aliphatic carboxylic acids is 1. The van der Waals surface area contributed by atoms with Crippen molar-refractivity contribution >= 4 is 29.4 Å². The van der Waals surface area contributed by atoms with Crippen LogP contribution in [0.25, 0.3) is 0 Å². The molecule has 0 unspecified atom stereocenters. The number of nitrogens with zero attached hydrogens (tertiary/aromatic N) is 3. The zero-order valence-electron chi connectivity index (χ0n) is 24.9. The summed E-state index contributed by atoms with van der Waals surface area (Å²) in [6.45, 7) is 1.62. The molecule has 2 amide bonds. The van der Waals surface area contributed by atoms with E-state index in [1.807, 2.05) is 0 Å². The Morgan fingerprint density at radius 2 is 1.98 bits per heavy atom. The molecule has 3 atom stereocenters. The van der Waals surface area contributed by atoms with E-state index >= 15 is 4.39 Å². The first-order valence-corrected chi connectivity index (χ1v) is 15.3. The number of hydrogen-bond acceptors (Lipinski definition) is 7. The van der Waals surface area contributed by atoms with Gasteiger partial charge in [0, 0.05) is 43.7 Å². The third-order valence-corrected chi connectivity index (χ3v) is 10.3. The second-order valence-electron chi connectivity index (χ2n) is 12.9. The van der Waals surface area contributed by atoms with E-state index in [-0.39, 0.29) is 47.2 Å². The zero-order valence-corrected chi connectivity index (χ0v) is 25.6. The van der Waals surface area contributed by atoms with Gasteiger partial charge in [-0.15, -0.1) is 0 Å². The van der Waals surface area contributed by atoms with Crippen LogP contribution >= 0.6 is 11.6 Å². The number of carboxylic acid groups (broad SMARTS) is 1. The summed E-state index contributed by atoms with van der Waals surface area (Å²) in [6, 6.07) is 0.139. The van der Waals surface area contributed by atoms with Gasteiger partial charge in [-0.25, -0.2) is 19.0 Å². The van der Waals surface area contributed by atoms with Gasteiger partial charge in [-0.2, -0.15) is 0 Å². The van der Waals surface area contributed by atoms with Crippen LogP contribution in [-0.4, -0.2) is 77.4 Å². The average Bonchev–Trinajstić information content (AvgIpc) is 3.62. The molecule has 10 nitrogen and oxygen atoms in total. The van der Waals surface area contributed by atoms with Crippen molar-refractivity contribution < 1.29 is 37.4 Å². The number of hydrogen-bond donors (Lipinski definition) is 3. The number of amides is 2. The van der Waals surface area contributed by atoms with Crippen LogP contribution in [0, 0.1) is 22.6 Å². The number of hydrazine groups is 1. The maximum atomic E-state index is 15.7. The number of carbonyl (C=O) groups is 3. The lowest BCUT2D eigenvalue weighted by atomic mass is 9.66. The highest BCUT2D eigenvalue weighted by Gasteiger charge is 2.54. The molecule has 3 fully saturated rings. The Bertz CT molecular complexity index is 1380. The van der Waals surface area contributed by atoms with Gasteiger partial charge in [0.15, 0.2) is 11.6 Å². The Morgan fingerprint density at radius 3 is 2.57 bits per heavy atom. The Kier molecular flexibility index (Phi) is 8.75. The van der Waals surface area contributed by atoms with E-state index in [0.29, 0.717) is 49.2 Å². The van der Waals surface area contributed by atoms with Crippen LogP contribution in [0.2, 0.25) is 5.02 Å². The van der Waals surface area contributed by atoms with Crippen LogP contribution in [0.1, 0.15) is 69.0 Å². The molecule has 0 aromatic heterocycles. The first-order valence-electron chi connectivity index (χ1n) is 14.9. The van der Waals surface area contributed by atoms with Crippen LogP contribution in [-0.2, 0) is 20.8 Å². The lowest BCUT2D eigenvalue weighted by Crippen LogP contribution is -2.52. The molecule has 1 aromatic carbocycles. The molecule has 5 rings (SSSR count). The molecule has 1 saturated heterocycles. The van der Waals surface area contributed by atoms with Gasteiger partial charge in [0.1, 0.15) is 12.3 Å². The average molecular weight is 642 g/mol. The maximum Gasteiger partial charge on any atom is 0.310 e. The van der Waals surface area contributed by atoms with Gasteiger partial charge < -0.3 is 30.4 Å². The van der Waals surface area contributed by atoms with Gasteiger partial charge in [0.25, 0.3) is 6.43 Å². The minimum atomic E-state index is -3.02. The lowest BCUT2D eigenvalue weighted by Gasteiger charge is -2.45. The smallest absolute Gasteiger partial charge is 0.310 e. The molecule has 4 aliphatic rings. The van der Waals surface area contributed by atoms with Crippen LogP contribution in [0.5, 0.6) is 5.75 Å². The molecule has 14 heteroatoms. The van der Waals surface area contributed by atoms with Crippen molar-refractivity contribution in [3.63, 3.8) is 0 Å². The molecule has 2 aliphatic heterocycles. The number of carboxylic acids is 1. The third kappa shape index (κ3) is 5.80. The van der Waals surface area contributed by atoms with E-state index in [1.165, 1.54) is 11.9 Å². The highest BCUT2D eigenvalue weighted by molar-refractivity contribution is 6.31. The second-order valence-corrected chi connectivity index (χ2v) is 13.3. The van der Waals surface area contributed by atoms with E-state index in [1.54, 1.807) is 11.8 Å². The third-order valence-electron chi connectivity index (χ3n) is 9.96. The fourth-order valence-electron chi connectivity index (χ4n) is 7.21. The summed E-state index contributed by atoms with van der Waals surface area (Å²) in [5, 5.41) is 10.9. The van der Waals surface area contributed by atoms with Crippen molar-refractivity contribution in [1.29, 1.82) is 0 Å². The first-order chi connectivity index (χ1) is 20.7. The maximum absolute atomic E-state index is 15.7. The molecular weight excluding hydrogens is 603 g/mol. The number of ether oxygens (including phenoxy) is 1. The molecule has 2 saturated carbocycles. The molecule has 2 heterocycles. The van der Waals surface area contributed by atoms with E-state index in [4.69, 9.17) is 27.9 Å². The second kappa shape index (κ2) is 12.0. The summed E-state index contributed by atoms with van der Waals surface area (Å²) in [6.07, 6.45) is 1.48. The molecule has 44 heavy (non-hydrogen) atoms. The van der Waals surface area contributed by atoms with Gasteiger partial charge in [-0.05, 0) is 56.1 Å². The van der Waals surface area contributed by atoms with Gasteiger partial charge in [-0.1, -0.05) is 24.4 Å². The van der Waals surface area contributed by atoms with Gasteiger partial charge in [-0.3, -0.25) is 14.4 Å². The SMILES string of the molecule is CN(N)/C(=C(\N)COc1c(F)cc(Cl)c2c1[C@@H](CN1CC3(CC3)CC1=O)N(C(=O)[C@@H]1CCCC[C@]1(C)C(=O)O)CC2)C(F)F. The number of alkyl halides is 2. The van der Waals surface area contributed by atoms with Gasteiger partial charge in [0.05, 0.1) is 23.1 Å². The van der Waals surface area contributed by atoms with Crippen molar-refractivity contribution in [2.75, 3.05) is 33.3 Å². The van der Waals surface area contributed by atoms with Crippen molar-refractivity contribution in [1.82, 2.24) is 14.8 Å². The number of fused-ring (bicyclic) bond motifs is 1. The summed E-state index contributed by atoms with van der Waals surface area (Å²) >= 11 is 6.53. The Labute approximate surface area is 259 Å². The minimum absolute atomic E-state index is 0.0190. The fraction of sp³-hybridized carbons (Fsp3) is 0.633. The molecule has 5 N–H and O–H groups in total. The van der Waals surface area contributed by atoms with Crippen molar-refractivity contribution in [3.05, 3.63) is 39.4 Å². The summed E-state index contributed by atoms with van der Waals surface area (Å²) in [4.78, 5) is 43.1. The number of benzene rings is 1. The molecule has 1 spiro atoms. The Balaban J connectivity index is 1.57.